The van der Waals surface area contributed by atoms with E-state index in [1.807, 2.05) is 12.1 Å². The molecule has 2 heterocycles. The summed E-state index contributed by atoms with van der Waals surface area (Å²) in [5, 5.41) is 13.7. The average Bonchev–Trinajstić information content (AvgIpc) is 3.17. The maximum Gasteiger partial charge on any atom is 0.348 e. The third kappa shape index (κ3) is 5.97. The van der Waals surface area contributed by atoms with E-state index in [1.165, 1.54) is 10.4 Å². The minimum Gasteiger partial charge on any atom is -0.508 e. The van der Waals surface area contributed by atoms with Crippen LogP contribution in [0.1, 0.15) is 12.5 Å². The molecule has 1 aliphatic carbocycles. The van der Waals surface area contributed by atoms with E-state index in [0.29, 0.717) is 12.4 Å². The van der Waals surface area contributed by atoms with Crippen LogP contribution in [0.15, 0.2) is 59.3 Å². The van der Waals surface area contributed by atoms with E-state index < -0.39 is 8.07 Å². The second kappa shape index (κ2) is 10.0. The number of aromatic nitrogens is 3. The van der Waals surface area contributed by atoms with Crippen molar-refractivity contribution in [1.29, 1.82) is 0 Å². The van der Waals surface area contributed by atoms with Gasteiger partial charge >= 0.3 is 5.69 Å². The van der Waals surface area contributed by atoms with Gasteiger partial charge in [0.05, 0.1) is 6.04 Å². The Kier molecular flexibility index (Phi) is 7.09. The molecule has 0 bridgehead atoms. The number of allylic oxidation sites excluding steroid dienone is 3. The monoisotopic (exact) mass is 469 g/mol. The Bertz CT molecular complexity index is 1040. The average molecular weight is 470 g/mol. The minimum absolute atomic E-state index is 0.0183. The van der Waals surface area contributed by atoms with Crippen LogP contribution in [0, 0.1) is 0 Å². The van der Waals surface area contributed by atoms with Crippen LogP contribution in [-0.2, 0) is 11.5 Å². The highest BCUT2D eigenvalue weighted by atomic mass is 28.3. The van der Waals surface area contributed by atoms with Crippen molar-refractivity contribution < 1.29 is 9.84 Å². The van der Waals surface area contributed by atoms with Gasteiger partial charge in [-0.05, 0) is 42.8 Å². The fraction of sp³-hybridized carbons (Fsp3) is 0.500. The number of nitrogens with zero attached hydrogens (tertiary/aromatic N) is 5. The Hall–Kier alpha value is -2.78. The molecule has 2 aliphatic rings. The first kappa shape index (κ1) is 23.4. The summed E-state index contributed by atoms with van der Waals surface area (Å²) in [6.07, 6.45) is 8.83. The van der Waals surface area contributed by atoms with Crippen LogP contribution in [0.3, 0.4) is 0 Å². The molecule has 33 heavy (non-hydrogen) atoms. The van der Waals surface area contributed by atoms with Crippen molar-refractivity contribution in [2.75, 3.05) is 37.7 Å². The number of rotatable bonds is 8. The van der Waals surface area contributed by atoms with Gasteiger partial charge < -0.3 is 19.6 Å². The molecule has 0 spiro atoms. The summed E-state index contributed by atoms with van der Waals surface area (Å²) in [7, 11) is -1.14. The van der Waals surface area contributed by atoms with Crippen LogP contribution >= 0.6 is 0 Å². The van der Waals surface area contributed by atoms with E-state index in [4.69, 9.17) is 4.74 Å². The number of piperazine rings is 1. The van der Waals surface area contributed by atoms with Gasteiger partial charge in [-0.2, -0.15) is 9.78 Å². The molecule has 0 radical (unpaired) electrons. The molecule has 9 heteroatoms. The molecule has 178 valence electrons. The highest BCUT2D eigenvalue weighted by molar-refractivity contribution is 6.76. The number of anilines is 1. The maximum absolute atomic E-state index is 12.7. The minimum atomic E-state index is -1.14. The summed E-state index contributed by atoms with van der Waals surface area (Å²) in [4.78, 5) is 17.5. The Labute approximate surface area is 196 Å². The zero-order chi connectivity index (χ0) is 23.4. The number of hydrogen-bond donors (Lipinski definition) is 1. The van der Waals surface area contributed by atoms with Gasteiger partial charge in [-0.15, -0.1) is 0 Å². The lowest BCUT2D eigenvalue weighted by Gasteiger charge is -2.38. The Morgan fingerprint density at radius 1 is 1.09 bits per heavy atom. The lowest BCUT2D eigenvalue weighted by Crippen LogP contribution is -2.45. The van der Waals surface area contributed by atoms with Gasteiger partial charge in [0.15, 0.2) is 0 Å². The maximum atomic E-state index is 12.7. The molecular formula is C24H35N5O3Si. The van der Waals surface area contributed by atoms with Crippen molar-refractivity contribution in [3.05, 3.63) is 65.0 Å². The van der Waals surface area contributed by atoms with Gasteiger partial charge in [0.1, 0.15) is 18.8 Å². The zero-order valence-electron chi connectivity index (χ0n) is 19.9. The van der Waals surface area contributed by atoms with Gasteiger partial charge in [0, 0.05) is 52.2 Å². The molecule has 1 aromatic heterocycles. The third-order valence-electron chi connectivity index (χ3n) is 6.24. The van der Waals surface area contributed by atoms with Crippen molar-refractivity contribution in [3.8, 4) is 5.75 Å². The van der Waals surface area contributed by atoms with Gasteiger partial charge in [-0.3, -0.25) is 4.57 Å². The summed E-state index contributed by atoms with van der Waals surface area (Å²) in [5.74, 6) is 0.295. The molecule has 1 aromatic carbocycles. The number of phenols is 1. The van der Waals surface area contributed by atoms with E-state index in [2.05, 4.69) is 52.8 Å². The Balaban J connectivity index is 1.28. The second-order valence-electron chi connectivity index (χ2n) is 9.95. The van der Waals surface area contributed by atoms with Gasteiger partial charge in [-0.25, -0.2) is 4.79 Å². The van der Waals surface area contributed by atoms with E-state index >= 15 is 0 Å². The van der Waals surface area contributed by atoms with Crippen molar-refractivity contribution in [2.24, 2.45) is 0 Å². The SMILES string of the molecule is C[Si](C)(C)CCOCn1ncn(C2C=CC(N3CCN(c4ccc(O)cc4)CC3)=CC2)c1=O. The number of benzene rings is 1. The van der Waals surface area contributed by atoms with Crippen LogP contribution in [0.2, 0.25) is 25.7 Å². The van der Waals surface area contributed by atoms with E-state index in [1.54, 1.807) is 23.0 Å². The quantitative estimate of drug-likeness (QED) is 0.472. The third-order valence-corrected chi connectivity index (χ3v) is 7.95. The lowest BCUT2D eigenvalue weighted by atomic mass is 10.1. The molecule has 2 aromatic rings. The van der Waals surface area contributed by atoms with E-state index in [-0.39, 0.29) is 18.5 Å². The van der Waals surface area contributed by atoms with Crippen LogP contribution in [0.25, 0.3) is 0 Å². The predicted molar refractivity (Wildman–Crippen MR) is 133 cm³/mol. The zero-order valence-corrected chi connectivity index (χ0v) is 20.9. The lowest BCUT2D eigenvalue weighted by molar-refractivity contribution is 0.0754. The number of hydrogen-bond acceptors (Lipinski definition) is 6. The Morgan fingerprint density at radius 2 is 1.79 bits per heavy atom. The summed E-state index contributed by atoms with van der Waals surface area (Å²) >= 11 is 0. The molecule has 1 saturated heterocycles. The van der Waals surface area contributed by atoms with Crippen LogP contribution in [0.4, 0.5) is 5.69 Å². The summed E-state index contributed by atoms with van der Waals surface area (Å²) in [5.41, 5.74) is 2.23. The van der Waals surface area contributed by atoms with Crippen molar-refractivity contribution >= 4 is 13.8 Å². The summed E-state index contributed by atoms with van der Waals surface area (Å²) in [6.45, 7) is 11.6. The first-order valence-corrected chi connectivity index (χ1v) is 15.4. The van der Waals surface area contributed by atoms with Crippen molar-refractivity contribution in [1.82, 2.24) is 19.2 Å². The first-order chi connectivity index (χ1) is 15.8. The molecule has 1 atom stereocenters. The molecule has 0 amide bonds. The number of aromatic hydroxyl groups is 1. The molecule has 1 N–H and O–H groups in total. The van der Waals surface area contributed by atoms with Crippen LogP contribution in [-0.4, -0.2) is 65.2 Å². The smallest absolute Gasteiger partial charge is 0.348 e. The number of ether oxygens (including phenoxy) is 1. The number of phenolic OH excluding ortho intramolecular Hbond substituents is 1. The summed E-state index contributed by atoms with van der Waals surface area (Å²) < 4.78 is 8.78. The van der Waals surface area contributed by atoms with Crippen molar-refractivity contribution in [3.63, 3.8) is 0 Å². The Morgan fingerprint density at radius 3 is 2.42 bits per heavy atom. The van der Waals surface area contributed by atoms with Crippen LogP contribution in [0.5, 0.6) is 5.75 Å². The fourth-order valence-electron chi connectivity index (χ4n) is 4.12. The van der Waals surface area contributed by atoms with Gasteiger partial charge in [0.25, 0.3) is 0 Å². The molecule has 1 fully saturated rings. The van der Waals surface area contributed by atoms with Gasteiger partial charge in [0.2, 0.25) is 0 Å². The van der Waals surface area contributed by atoms with Gasteiger partial charge in [-0.1, -0.05) is 31.8 Å². The highest BCUT2D eigenvalue weighted by Crippen LogP contribution is 2.25. The summed E-state index contributed by atoms with van der Waals surface area (Å²) in [6, 6.07) is 8.45. The molecular weight excluding hydrogens is 434 g/mol. The topological polar surface area (TPSA) is 75.8 Å². The standard InChI is InChI=1S/C24H35N5O3Si/c1-33(2,3)17-16-32-19-29-24(31)28(18-25-29)22-6-4-20(5-7-22)26-12-14-27(15-13-26)21-8-10-23(30)11-9-21/h4-6,8-11,18,22,30H,7,12-17,19H2,1-3H3. The predicted octanol–water partition coefficient (Wildman–Crippen LogP) is 3.27. The molecule has 8 nitrogen and oxygen atoms in total. The fourth-order valence-corrected chi connectivity index (χ4v) is 4.88. The van der Waals surface area contributed by atoms with Crippen molar-refractivity contribution in [2.45, 2.75) is 44.9 Å². The first-order valence-electron chi connectivity index (χ1n) is 11.7. The highest BCUT2D eigenvalue weighted by Gasteiger charge is 2.21. The molecule has 0 saturated carbocycles. The molecule has 1 aliphatic heterocycles. The largest absolute Gasteiger partial charge is 0.508 e. The normalized spacial score (nSPS) is 19.1. The van der Waals surface area contributed by atoms with E-state index in [0.717, 1.165) is 44.3 Å². The van der Waals surface area contributed by atoms with E-state index in [9.17, 15) is 9.90 Å². The molecule has 4 rings (SSSR count). The second-order valence-corrected chi connectivity index (χ2v) is 15.6. The van der Waals surface area contributed by atoms with Crippen LogP contribution < -0.4 is 10.6 Å². The molecule has 1 unspecified atom stereocenters.